The summed E-state index contributed by atoms with van der Waals surface area (Å²) < 4.78 is 18.0. The lowest BCUT2D eigenvalue weighted by Gasteiger charge is -2.16. The number of ether oxygens (including phenoxy) is 3. The average Bonchev–Trinajstić information content (AvgIpc) is 3.64. The van der Waals surface area contributed by atoms with Crippen LogP contribution >= 0.6 is 23.1 Å². The topological polar surface area (TPSA) is 91.7 Å². The third-order valence-electron chi connectivity index (χ3n) is 6.67. The molecule has 4 aromatic rings. The van der Waals surface area contributed by atoms with Gasteiger partial charge in [-0.15, -0.1) is 11.3 Å². The Balaban J connectivity index is 1.28. The number of hydrogen-bond acceptors (Lipinski definition) is 8. The van der Waals surface area contributed by atoms with Crippen molar-refractivity contribution in [1.29, 1.82) is 0 Å². The third kappa shape index (κ3) is 4.63. The molecular weight excluding hydrogens is 522 g/mol. The summed E-state index contributed by atoms with van der Waals surface area (Å²) in [7, 11) is 0. The Morgan fingerprint density at radius 1 is 1.18 bits per heavy atom. The van der Waals surface area contributed by atoms with Crippen LogP contribution in [0.15, 0.2) is 52.4 Å². The molecule has 1 atom stereocenters. The van der Waals surface area contributed by atoms with Gasteiger partial charge in [-0.1, -0.05) is 17.8 Å². The van der Waals surface area contributed by atoms with Crippen LogP contribution in [0.1, 0.15) is 36.3 Å². The fourth-order valence-electron chi connectivity index (χ4n) is 4.79. The van der Waals surface area contributed by atoms with Gasteiger partial charge in [-0.3, -0.25) is 14.2 Å². The first-order chi connectivity index (χ1) is 18.5. The SMILES string of the molecule is CCOc1ccc(-n2c(S[C@H](C)C(=O)NCc3ccc4c(c3)OCO4)nc3sc4c(c3c2=O)CCC4)cc1. The van der Waals surface area contributed by atoms with E-state index in [9.17, 15) is 9.59 Å². The fraction of sp³-hybridized carbons (Fsp3) is 0.321. The van der Waals surface area contributed by atoms with Crippen LogP contribution in [-0.2, 0) is 24.2 Å². The first-order valence-corrected chi connectivity index (χ1v) is 14.3. The minimum absolute atomic E-state index is 0.0889. The van der Waals surface area contributed by atoms with Gasteiger partial charge in [0.1, 0.15) is 10.6 Å². The quantitative estimate of drug-likeness (QED) is 0.248. The molecule has 38 heavy (non-hydrogen) atoms. The first-order valence-electron chi connectivity index (χ1n) is 12.6. The molecule has 0 saturated heterocycles. The lowest BCUT2D eigenvalue weighted by atomic mass is 10.2. The molecule has 0 spiro atoms. The zero-order chi connectivity index (χ0) is 26.2. The smallest absolute Gasteiger partial charge is 0.267 e. The van der Waals surface area contributed by atoms with Crippen molar-refractivity contribution in [2.45, 2.75) is 50.1 Å². The van der Waals surface area contributed by atoms with E-state index in [-0.39, 0.29) is 18.3 Å². The van der Waals surface area contributed by atoms with Crippen molar-refractivity contribution in [3.63, 3.8) is 0 Å². The van der Waals surface area contributed by atoms with Gasteiger partial charge in [0, 0.05) is 11.4 Å². The number of fused-ring (bicyclic) bond motifs is 4. The van der Waals surface area contributed by atoms with Gasteiger partial charge in [0.15, 0.2) is 16.7 Å². The summed E-state index contributed by atoms with van der Waals surface area (Å²) in [5.74, 6) is 1.98. The number of thiophene rings is 1. The van der Waals surface area contributed by atoms with Crippen LogP contribution in [-0.4, -0.2) is 34.1 Å². The van der Waals surface area contributed by atoms with Crippen LogP contribution < -0.4 is 25.1 Å². The molecule has 0 fully saturated rings. The number of amides is 1. The molecule has 0 radical (unpaired) electrons. The molecule has 196 valence electrons. The van der Waals surface area contributed by atoms with Crippen LogP contribution in [0.25, 0.3) is 15.9 Å². The van der Waals surface area contributed by atoms with Crippen molar-refractivity contribution >= 4 is 39.2 Å². The van der Waals surface area contributed by atoms with Gasteiger partial charge in [-0.2, -0.15) is 0 Å². The number of benzene rings is 2. The second-order valence-electron chi connectivity index (χ2n) is 9.16. The summed E-state index contributed by atoms with van der Waals surface area (Å²) in [5, 5.41) is 3.72. The van der Waals surface area contributed by atoms with E-state index in [1.54, 1.807) is 15.9 Å². The van der Waals surface area contributed by atoms with Crippen molar-refractivity contribution in [2.75, 3.05) is 13.4 Å². The predicted molar refractivity (Wildman–Crippen MR) is 148 cm³/mol. The van der Waals surface area contributed by atoms with E-state index >= 15 is 0 Å². The molecule has 1 N–H and O–H groups in total. The number of aromatic nitrogens is 2. The maximum atomic E-state index is 13.9. The Bertz CT molecular complexity index is 1580. The van der Waals surface area contributed by atoms with E-state index in [1.165, 1.54) is 16.6 Å². The molecule has 6 rings (SSSR count). The van der Waals surface area contributed by atoms with Crippen molar-refractivity contribution in [2.24, 2.45) is 0 Å². The molecule has 0 bridgehead atoms. The lowest BCUT2D eigenvalue weighted by Crippen LogP contribution is -2.31. The Labute approximate surface area is 227 Å². The summed E-state index contributed by atoms with van der Waals surface area (Å²) in [6.07, 6.45) is 2.96. The average molecular weight is 550 g/mol. The van der Waals surface area contributed by atoms with Gasteiger partial charge < -0.3 is 19.5 Å². The molecular formula is C28H27N3O5S2. The van der Waals surface area contributed by atoms with Gasteiger partial charge in [-0.25, -0.2) is 4.98 Å². The summed E-state index contributed by atoms with van der Waals surface area (Å²) in [5.41, 5.74) is 2.65. The number of hydrogen-bond donors (Lipinski definition) is 1. The molecule has 1 aliphatic carbocycles. The maximum Gasteiger partial charge on any atom is 0.267 e. The van der Waals surface area contributed by atoms with Crippen molar-refractivity contribution in [3.05, 3.63) is 68.8 Å². The fourth-order valence-corrected chi connectivity index (χ4v) is 7.04. The minimum atomic E-state index is -0.478. The molecule has 8 nitrogen and oxygen atoms in total. The lowest BCUT2D eigenvalue weighted by molar-refractivity contribution is -0.120. The Hall–Kier alpha value is -3.50. The Morgan fingerprint density at radius 2 is 2.00 bits per heavy atom. The van der Waals surface area contributed by atoms with E-state index in [4.69, 9.17) is 19.2 Å². The van der Waals surface area contributed by atoms with E-state index in [1.807, 2.05) is 56.3 Å². The van der Waals surface area contributed by atoms with Crippen LogP contribution in [0.3, 0.4) is 0 Å². The summed E-state index contributed by atoms with van der Waals surface area (Å²) >= 11 is 2.88. The zero-order valence-corrected chi connectivity index (χ0v) is 22.7. The molecule has 0 saturated carbocycles. The second kappa shape index (κ2) is 10.3. The van der Waals surface area contributed by atoms with E-state index < -0.39 is 5.25 Å². The number of aryl methyl sites for hydroxylation is 2. The number of rotatable bonds is 8. The van der Waals surface area contributed by atoms with Crippen molar-refractivity contribution < 1.29 is 19.0 Å². The monoisotopic (exact) mass is 549 g/mol. The number of thioether (sulfide) groups is 1. The Morgan fingerprint density at radius 3 is 2.82 bits per heavy atom. The molecule has 2 aromatic heterocycles. The number of nitrogens with one attached hydrogen (secondary N) is 1. The number of nitrogens with zero attached hydrogens (tertiary/aromatic N) is 2. The van der Waals surface area contributed by atoms with E-state index in [2.05, 4.69) is 5.32 Å². The van der Waals surface area contributed by atoms with Crippen LogP contribution in [0.2, 0.25) is 0 Å². The largest absolute Gasteiger partial charge is 0.494 e. The molecule has 0 unspecified atom stereocenters. The highest BCUT2D eigenvalue weighted by molar-refractivity contribution is 8.00. The standard InChI is InChI=1S/C28H27N3O5S2/c1-3-34-19-10-8-18(9-11-19)31-27(33)24-20-5-4-6-23(20)38-26(24)30-28(31)37-16(2)25(32)29-14-17-7-12-21-22(13-17)36-15-35-21/h7-13,16H,3-6,14-15H2,1-2H3,(H,29,32)/t16-/m1/s1. The zero-order valence-electron chi connectivity index (χ0n) is 21.1. The molecule has 2 aromatic carbocycles. The van der Waals surface area contributed by atoms with Gasteiger partial charge >= 0.3 is 0 Å². The predicted octanol–water partition coefficient (Wildman–Crippen LogP) is 4.86. The summed E-state index contributed by atoms with van der Waals surface area (Å²) in [6.45, 7) is 4.89. The molecule has 10 heteroatoms. The number of carbonyl (C=O) groups is 1. The normalized spacial score (nSPS) is 14.5. The molecule has 1 amide bonds. The van der Waals surface area contributed by atoms with E-state index in [0.29, 0.717) is 40.9 Å². The summed E-state index contributed by atoms with van der Waals surface area (Å²) in [6, 6.07) is 13.0. The molecule has 3 heterocycles. The molecule has 2 aliphatic rings. The van der Waals surface area contributed by atoms with Crippen molar-refractivity contribution in [1.82, 2.24) is 14.9 Å². The maximum absolute atomic E-state index is 13.9. The van der Waals surface area contributed by atoms with Gasteiger partial charge in [-0.05, 0) is 80.6 Å². The Kier molecular flexibility index (Phi) is 6.75. The van der Waals surface area contributed by atoms with E-state index in [0.717, 1.165) is 41.0 Å². The number of carbonyl (C=O) groups excluding carboxylic acids is 1. The third-order valence-corrected chi connectivity index (χ3v) is 8.91. The second-order valence-corrected chi connectivity index (χ2v) is 11.6. The highest BCUT2D eigenvalue weighted by Crippen LogP contribution is 2.37. The minimum Gasteiger partial charge on any atom is -0.494 e. The first kappa shape index (κ1) is 24.8. The van der Waals surface area contributed by atoms with Crippen LogP contribution in [0, 0.1) is 0 Å². The van der Waals surface area contributed by atoms with Gasteiger partial charge in [0.25, 0.3) is 5.56 Å². The van der Waals surface area contributed by atoms with Gasteiger partial charge in [0.05, 0.1) is 22.9 Å². The van der Waals surface area contributed by atoms with Crippen molar-refractivity contribution in [3.8, 4) is 22.9 Å². The van der Waals surface area contributed by atoms with Crippen LogP contribution in [0.4, 0.5) is 0 Å². The van der Waals surface area contributed by atoms with Gasteiger partial charge in [0.2, 0.25) is 12.7 Å². The van der Waals surface area contributed by atoms with Crippen LogP contribution in [0.5, 0.6) is 17.2 Å². The highest BCUT2D eigenvalue weighted by Gasteiger charge is 2.26. The summed E-state index contributed by atoms with van der Waals surface area (Å²) in [4.78, 5) is 33.9. The highest BCUT2D eigenvalue weighted by atomic mass is 32.2. The molecule has 1 aliphatic heterocycles.